The predicted molar refractivity (Wildman–Crippen MR) is 104 cm³/mol. The van der Waals surface area contributed by atoms with Crippen LogP contribution in [-0.4, -0.2) is 89.1 Å². The van der Waals surface area contributed by atoms with Gasteiger partial charge in [-0.1, -0.05) is 18.2 Å². The molecule has 0 bridgehead atoms. The average Bonchev–Trinajstić information content (AvgIpc) is 2.71. The lowest BCUT2D eigenvalue weighted by molar-refractivity contribution is -0.159. The molecule has 0 radical (unpaired) electrons. The maximum absolute atomic E-state index is 13.7. The monoisotopic (exact) mass is 409 g/mol. The van der Waals surface area contributed by atoms with Crippen molar-refractivity contribution in [2.24, 2.45) is 5.92 Å². The standard InChI is InChI=1S/C18H26FN3O.C2H2O4/c1-20-10-12-22(13-11-20)18(23)15-6-8-21(9-7-15)14-16-4-2-3-5-17(16)19;3-1(4)2(5)6/h2-5,15H,6-14H2,1H3;(H,3,4)(H,5,6). The first-order valence-corrected chi connectivity index (χ1v) is 9.67. The number of likely N-dealkylation sites (N-methyl/N-ethyl adjacent to an activating group) is 1. The number of likely N-dealkylation sites (tertiary alicyclic amines) is 1. The van der Waals surface area contributed by atoms with E-state index >= 15 is 0 Å². The number of hydrogen-bond donors (Lipinski definition) is 2. The van der Waals surface area contributed by atoms with Crippen LogP contribution in [0.3, 0.4) is 0 Å². The number of carbonyl (C=O) groups excluding carboxylic acids is 1. The molecule has 2 aliphatic heterocycles. The summed E-state index contributed by atoms with van der Waals surface area (Å²) >= 11 is 0. The van der Waals surface area contributed by atoms with Gasteiger partial charge in [0.2, 0.25) is 5.91 Å². The van der Waals surface area contributed by atoms with E-state index in [1.54, 1.807) is 6.07 Å². The minimum Gasteiger partial charge on any atom is -0.473 e. The fourth-order valence-corrected chi connectivity index (χ4v) is 3.49. The van der Waals surface area contributed by atoms with E-state index in [-0.39, 0.29) is 11.7 Å². The average molecular weight is 409 g/mol. The predicted octanol–water partition coefficient (Wildman–Crippen LogP) is 0.967. The summed E-state index contributed by atoms with van der Waals surface area (Å²) in [5.74, 6) is -3.31. The number of hydrogen-bond acceptors (Lipinski definition) is 5. The zero-order valence-electron chi connectivity index (χ0n) is 16.6. The first-order chi connectivity index (χ1) is 13.8. The third-order valence-electron chi connectivity index (χ3n) is 5.29. The number of benzene rings is 1. The van der Waals surface area contributed by atoms with E-state index < -0.39 is 11.9 Å². The Morgan fingerprint density at radius 3 is 2.03 bits per heavy atom. The molecule has 3 rings (SSSR count). The number of carboxylic acid groups (broad SMARTS) is 2. The maximum Gasteiger partial charge on any atom is 0.414 e. The summed E-state index contributed by atoms with van der Waals surface area (Å²) in [7, 11) is 2.10. The highest BCUT2D eigenvalue weighted by molar-refractivity contribution is 6.27. The first-order valence-electron chi connectivity index (χ1n) is 9.67. The normalized spacial score (nSPS) is 18.6. The van der Waals surface area contributed by atoms with Gasteiger partial charge in [0.15, 0.2) is 0 Å². The molecule has 2 saturated heterocycles. The van der Waals surface area contributed by atoms with E-state index in [0.29, 0.717) is 12.5 Å². The molecule has 2 heterocycles. The second-order valence-electron chi connectivity index (χ2n) is 7.38. The molecule has 1 aromatic carbocycles. The molecule has 0 aliphatic carbocycles. The van der Waals surface area contributed by atoms with E-state index in [1.165, 1.54) is 6.07 Å². The van der Waals surface area contributed by atoms with Crippen molar-refractivity contribution in [3.8, 4) is 0 Å². The molecule has 29 heavy (non-hydrogen) atoms. The Kier molecular flexibility index (Phi) is 8.53. The van der Waals surface area contributed by atoms with E-state index in [1.807, 2.05) is 17.0 Å². The molecule has 9 heteroatoms. The summed E-state index contributed by atoms with van der Waals surface area (Å²) in [5, 5.41) is 14.8. The van der Waals surface area contributed by atoms with Crippen LogP contribution in [0.25, 0.3) is 0 Å². The minimum atomic E-state index is -1.82. The van der Waals surface area contributed by atoms with Gasteiger partial charge in [-0.15, -0.1) is 0 Å². The number of nitrogens with zero attached hydrogens (tertiary/aromatic N) is 3. The summed E-state index contributed by atoms with van der Waals surface area (Å²) in [4.78, 5) is 37.4. The molecule has 160 valence electrons. The van der Waals surface area contributed by atoms with Gasteiger partial charge in [0, 0.05) is 44.2 Å². The van der Waals surface area contributed by atoms with Gasteiger partial charge in [0.25, 0.3) is 0 Å². The Hall–Kier alpha value is -2.52. The van der Waals surface area contributed by atoms with E-state index in [0.717, 1.165) is 57.7 Å². The highest BCUT2D eigenvalue weighted by Crippen LogP contribution is 2.22. The summed E-state index contributed by atoms with van der Waals surface area (Å²) in [6.45, 7) is 6.03. The van der Waals surface area contributed by atoms with E-state index in [9.17, 15) is 9.18 Å². The molecule has 8 nitrogen and oxygen atoms in total. The number of aliphatic carboxylic acids is 2. The Balaban J connectivity index is 0.000000438. The molecule has 0 atom stereocenters. The lowest BCUT2D eigenvalue weighted by Crippen LogP contribution is -2.50. The van der Waals surface area contributed by atoms with Crippen molar-refractivity contribution in [1.29, 1.82) is 0 Å². The lowest BCUT2D eigenvalue weighted by Gasteiger charge is -2.37. The minimum absolute atomic E-state index is 0.136. The van der Waals surface area contributed by atoms with Gasteiger partial charge < -0.3 is 20.0 Å². The summed E-state index contributed by atoms with van der Waals surface area (Å²) < 4.78 is 13.7. The van der Waals surface area contributed by atoms with Gasteiger partial charge in [-0.2, -0.15) is 0 Å². The number of carbonyl (C=O) groups is 3. The van der Waals surface area contributed by atoms with Crippen LogP contribution < -0.4 is 0 Å². The SMILES string of the molecule is CN1CCN(C(=O)C2CCN(Cc3ccccc3F)CC2)CC1.O=C(O)C(=O)O. The van der Waals surface area contributed by atoms with Crippen LogP contribution in [0, 0.1) is 11.7 Å². The number of piperidine rings is 1. The van der Waals surface area contributed by atoms with Gasteiger partial charge in [0.05, 0.1) is 0 Å². The Morgan fingerprint density at radius 2 is 1.52 bits per heavy atom. The number of halogens is 1. The van der Waals surface area contributed by atoms with Crippen molar-refractivity contribution < 1.29 is 29.0 Å². The van der Waals surface area contributed by atoms with Crippen molar-refractivity contribution in [3.63, 3.8) is 0 Å². The Labute approximate surface area is 169 Å². The molecular weight excluding hydrogens is 381 g/mol. The lowest BCUT2D eigenvalue weighted by atomic mass is 9.94. The second kappa shape index (κ2) is 10.9. The van der Waals surface area contributed by atoms with Gasteiger partial charge in [-0.25, -0.2) is 14.0 Å². The highest BCUT2D eigenvalue weighted by Gasteiger charge is 2.30. The topological polar surface area (TPSA) is 101 Å². The van der Waals surface area contributed by atoms with Crippen LogP contribution in [0.1, 0.15) is 18.4 Å². The van der Waals surface area contributed by atoms with Crippen LogP contribution in [0.15, 0.2) is 24.3 Å². The zero-order valence-corrected chi connectivity index (χ0v) is 16.6. The van der Waals surface area contributed by atoms with Crippen molar-refractivity contribution >= 4 is 17.8 Å². The smallest absolute Gasteiger partial charge is 0.414 e. The number of carboxylic acids is 2. The van der Waals surface area contributed by atoms with Crippen LogP contribution in [0.4, 0.5) is 4.39 Å². The highest BCUT2D eigenvalue weighted by atomic mass is 19.1. The van der Waals surface area contributed by atoms with Crippen LogP contribution >= 0.6 is 0 Å². The van der Waals surface area contributed by atoms with Crippen LogP contribution in [-0.2, 0) is 20.9 Å². The largest absolute Gasteiger partial charge is 0.473 e. The molecule has 1 amide bonds. The zero-order chi connectivity index (χ0) is 21.4. The van der Waals surface area contributed by atoms with Gasteiger partial charge >= 0.3 is 11.9 Å². The summed E-state index contributed by atoms with van der Waals surface area (Å²) in [6.07, 6.45) is 1.78. The number of rotatable bonds is 3. The molecule has 0 spiro atoms. The summed E-state index contributed by atoms with van der Waals surface area (Å²) in [6, 6.07) is 6.96. The van der Waals surface area contributed by atoms with Crippen molar-refractivity contribution in [2.45, 2.75) is 19.4 Å². The summed E-state index contributed by atoms with van der Waals surface area (Å²) in [5.41, 5.74) is 0.747. The Morgan fingerprint density at radius 1 is 0.966 bits per heavy atom. The van der Waals surface area contributed by atoms with Gasteiger partial charge in [0.1, 0.15) is 5.82 Å². The molecule has 0 saturated carbocycles. The van der Waals surface area contributed by atoms with Crippen LogP contribution in [0.5, 0.6) is 0 Å². The van der Waals surface area contributed by atoms with Gasteiger partial charge in [-0.05, 0) is 39.0 Å². The fourth-order valence-electron chi connectivity index (χ4n) is 3.49. The first kappa shape index (κ1) is 22.8. The Bertz CT molecular complexity index is 702. The molecule has 2 N–H and O–H groups in total. The quantitative estimate of drug-likeness (QED) is 0.718. The molecule has 1 aromatic rings. The van der Waals surface area contributed by atoms with Crippen molar-refractivity contribution in [1.82, 2.24) is 14.7 Å². The van der Waals surface area contributed by atoms with Crippen molar-refractivity contribution in [3.05, 3.63) is 35.6 Å². The number of piperazine rings is 1. The maximum atomic E-state index is 13.7. The van der Waals surface area contributed by atoms with Crippen LogP contribution in [0.2, 0.25) is 0 Å². The molecule has 2 aliphatic rings. The molecule has 0 aromatic heterocycles. The van der Waals surface area contributed by atoms with E-state index in [2.05, 4.69) is 16.8 Å². The number of amides is 1. The van der Waals surface area contributed by atoms with Gasteiger partial charge in [-0.3, -0.25) is 9.69 Å². The molecular formula is C20H28FN3O5. The molecule has 2 fully saturated rings. The third-order valence-corrected chi connectivity index (χ3v) is 5.29. The second-order valence-corrected chi connectivity index (χ2v) is 7.38. The third kappa shape index (κ3) is 7.10. The van der Waals surface area contributed by atoms with Crippen molar-refractivity contribution in [2.75, 3.05) is 46.3 Å². The molecule has 0 unspecified atom stereocenters. The van der Waals surface area contributed by atoms with E-state index in [4.69, 9.17) is 19.8 Å². The fraction of sp³-hybridized carbons (Fsp3) is 0.550.